The van der Waals surface area contributed by atoms with Crippen LogP contribution >= 0.6 is 0 Å². The molecule has 1 atom stereocenters. The van der Waals surface area contributed by atoms with Crippen molar-refractivity contribution in [1.29, 1.82) is 0 Å². The third kappa shape index (κ3) is 4.89. The van der Waals surface area contributed by atoms with Crippen molar-refractivity contribution in [3.63, 3.8) is 0 Å². The molecule has 0 saturated carbocycles. The van der Waals surface area contributed by atoms with Crippen LogP contribution < -0.4 is 4.74 Å². The lowest BCUT2D eigenvalue weighted by Gasteiger charge is -2.13. The number of carboxylic acid groups (broad SMARTS) is 1. The number of hydrogen-bond acceptors (Lipinski definition) is 2. The molecule has 0 amide bonds. The molecule has 17 heavy (non-hydrogen) atoms. The molecule has 0 heterocycles. The zero-order valence-corrected chi connectivity index (χ0v) is 10.6. The predicted octanol–water partition coefficient (Wildman–Crippen LogP) is 3.44. The van der Waals surface area contributed by atoms with Gasteiger partial charge in [0.25, 0.3) is 0 Å². The molecule has 3 heteroatoms. The maximum absolute atomic E-state index is 10.5. The van der Waals surface area contributed by atoms with Crippen LogP contribution in [-0.2, 0) is 4.79 Å². The minimum Gasteiger partial charge on any atom is -0.491 e. The van der Waals surface area contributed by atoms with Crippen LogP contribution in [0.25, 0.3) is 0 Å². The summed E-state index contributed by atoms with van der Waals surface area (Å²) in [4.78, 5) is 10.5. The van der Waals surface area contributed by atoms with Gasteiger partial charge in [-0.15, -0.1) is 0 Å². The monoisotopic (exact) mass is 236 g/mol. The smallest absolute Gasteiger partial charge is 0.303 e. The first kappa shape index (κ1) is 13.6. The minimum atomic E-state index is -0.739. The van der Waals surface area contributed by atoms with Gasteiger partial charge in [-0.1, -0.05) is 19.1 Å². The first-order valence-corrected chi connectivity index (χ1v) is 5.97. The maximum atomic E-state index is 10.5. The molecule has 1 aromatic rings. The largest absolute Gasteiger partial charge is 0.491 e. The highest BCUT2D eigenvalue weighted by Crippen LogP contribution is 2.23. The van der Waals surface area contributed by atoms with Crippen molar-refractivity contribution in [1.82, 2.24) is 0 Å². The number of aliphatic carboxylic acids is 1. The van der Waals surface area contributed by atoms with E-state index in [1.54, 1.807) is 0 Å². The standard InChI is InChI=1S/C14H20O3/c1-10(2)17-13-7-5-12(6-8-13)11(3)4-9-14(15)16/h5-8,10-11H,4,9H2,1-3H3,(H,15,16). The van der Waals surface area contributed by atoms with E-state index in [9.17, 15) is 4.79 Å². The summed E-state index contributed by atoms with van der Waals surface area (Å²) in [6, 6.07) is 7.88. The van der Waals surface area contributed by atoms with Gasteiger partial charge in [-0.25, -0.2) is 0 Å². The summed E-state index contributed by atoms with van der Waals surface area (Å²) in [6.45, 7) is 6.02. The first-order valence-electron chi connectivity index (χ1n) is 5.97. The summed E-state index contributed by atoms with van der Waals surface area (Å²) in [7, 11) is 0. The van der Waals surface area contributed by atoms with E-state index in [0.29, 0.717) is 6.42 Å². The molecule has 0 aliphatic carbocycles. The van der Waals surface area contributed by atoms with Crippen LogP contribution in [0, 0.1) is 0 Å². The van der Waals surface area contributed by atoms with Crippen LogP contribution in [-0.4, -0.2) is 17.2 Å². The van der Waals surface area contributed by atoms with Crippen molar-refractivity contribution in [2.75, 3.05) is 0 Å². The molecule has 0 aliphatic heterocycles. The Kier molecular flexibility index (Phi) is 5.01. The zero-order chi connectivity index (χ0) is 12.8. The molecule has 0 bridgehead atoms. The second kappa shape index (κ2) is 6.28. The highest BCUT2D eigenvalue weighted by molar-refractivity contribution is 5.66. The molecule has 0 aromatic heterocycles. The molecule has 0 radical (unpaired) electrons. The van der Waals surface area contributed by atoms with E-state index in [2.05, 4.69) is 0 Å². The summed E-state index contributed by atoms with van der Waals surface area (Å²) in [5.74, 6) is 0.380. The fraction of sp³-hybridized carbons (Fsp3) is 0.500. The summed E-state index contributed by atoms with van der Waals surface area (Å²) in [6.07, 6.45) is 1.05. The molecule has 94 valence electrons. The van der Waals surface area contributed by atoms with E-state index >= 15 is 0 Å². The fourth-order valence-electron chi connectivity index (χ4n) is 1.65. The Morgan fingerprint density at radius 2 is 1.82 bits per heavy atom. The molecule has 3 nitrogen and oxygen atoms in total. The fourth-order valence-corrected chi connectivity index (χ4v) is 1.65. The first-order chi connectivity index (χ1) is 7.99. The van der Waals surface area contributed by atoms with E-state index in [4.69, 9.17) is 9.84 Å². The summed E-state index contributed by atoms with van der Waals surface area (Å²) in [5.41, 5.74) is 1.15. The van der Waals surface area contributed by atoms with Gasteiger partial charge in [-0.2, -0.15) is 0 Å². The number of rotatable bonds is 6. The van der Waals surface area contributed by atoms with Crippen molar-refractivity contribution in [3.05, 3.63) is 29.8 Å². The topological polar surface area (TPSA) is 46.5 Å². The van der Waals surface area contributed by atoms with Gasteiger partial charge < -0.3 is 9.84 Å². The van der Waals surface area contributed by atoms with Crippen molar-refractivity contribution >= 4 is 5.97 Å². The molecule has 1 unspecified atom stereocenters. The maximum Gasteiger partial charge on any atom is 0.303 e. The molecule has 0 fully saturated rings. The van der Waals surface area contributed by atoms with Crippen LogP contribution in [0.3, 0.4) is 0 Å². The molecule has 0 spiro atoms. The average Bonchev–Trinajstić information content (AvgIpc) is 2.26. The number of ether oxygens (including phenoxy) is 1. The van der Waals surface area contributed by atoms with Gasteiger partial charge in [-0.3, -0.25) is 4.79 Å². The summed E-state index contributed by atoms with van der Waals surface area (Å²) >= 11 is 0. The van der Waals surface area contributed by atoms with Crippen molar-refractivity contribution in [3.8, 4) is 5.75 Å². The van der Waals surface area contributed by atoms with Crippen LogP contribution in [0.2, 0.25) is 0 Å². The number of hydrogen-bond donors (Lipinski definition) is 1. The van der Waals surface area contributed by atoms with E-state index in [1.165, 1.54) is 0 Å². The third-order valence-electron chi connectivity index (χ3n) is 2.61. The van der Waals surface area contributed by atoms with E-state index in [-0.39, 0.29) is 18.4 Å². The lowest BCUT2D eigenvalue weighted by atomic mass is 9.96. The van der Waals surface area contributed by atoms with Crippen molar-refractivity contribution in [2.45, 2.75) is 45.6 Å². The van der Waals surface area contributed by atoms with Gasteiger partial charge in [0.2, 0.25) is 0 Å². The molecule has 1 rings (SSSR count). The van der Waals surface area contributed by atoms with Crippen molar-refractivity contribution in [2.24, 2.45) is 0 Å². The normalized spacial score (nSPS) is 12.5. The lowest BCUT2D eigenvalue weighted by molar-refractivity contribution is -0.137. The highest BCUT2D eigenvalue weighted by Gasteiger charge is 2.08. The third-order valence-corrected chi connectivity index (χ3v) is 2.61. The van der Waals surface area contributed by atoms with E-state index in [0.717, 1.165) is 11.3 Å². The van der Waals surface area contributed by atoms with Crippen molar-refractivity contribution < 1.29 is 14.6 Å². The van der Waals surface area contributed by atoms with Gasteiger partial charge >= 0.3 is 5.97 Å². The number of benzene rings is 1. The molecule has 1 N–H and O–H groups in total. The molecule has 1 aromatic carbocycles. The van der Waals surface area contributed by atoms with Gasteiger partial charge in [0, 0.05) is 6.42 Å². The molecule has 0 aliphatic rings. The Hall–Kier alpha value is -1.51. The van der Waals surface area contributed by atoms with Gasteiger partial charge in [-0.05, 0) is 43.9 Å². The summed E-state index contributed by atoms with van der Waals surface area (Å²) in [5, 5.41) is 8.63. The Labute approximate surface area is 102 Å². The number of carboxylic acids is 1. The Morgan fingerprint density at radius 1 is 1.24 bits per heavy atom. The van der Waals surface area contributed by atoms with Crippen LogP contribution in [0.5, 0.6) is 5.75 Å². The Morgan fingerprint density at radius 3 is 2.29 bits per heavy atom. The highest BCUT2D eigenvalue weighted by atomic mass is 16.5. The lowest BCUT2D eigenvalue weighted by Crippen LogP contribution is -2.05. The second-order valence-electron chi connectivity index (χ2n) is 4.57. The van der Waals surface area contributed by atoms with Gasteiger partial charge in [0.1, 0.15) is 5.75 Å². The minimum absolute atomic E-state index is 0.172. The molecular formula is C14H20O3. The molecule has 0 saturated heterocycles. The summed E-state index contributed by atoms with van der Waals surface area (Å²) < 4.78 is 5.55. The number of carbonyl (C=O) groups is 1. The quantitative estimate of drug-likeness (QED) is 0.823. The Bertz CT molecular complexity index is 354. The van der Waals surface area contributed by atoms with E-state index < -0.39 is 5.97 Å². The van der Waals surface area contributed by atoms with Gasteiger partial charge in [0.15, 0.2) is 0 Å². The predicted molar refractivity (Wildman–Crippen MR) is 67.5 cm³/mol. The van der Waals surface area contributed by atoms with Crippen LogP contribution in [0.1, 0.15) is 45.1 Å². The Balaban J connectivity index is 2.57. The SMILES string of the molecule is CC(C)Oc1ccc(C(C)CCC(=O)O)cc1. The van der Waals surface area contributed by atoms with Gasteiger partial charge in [0.05, 0.1) is 6.10 Å². The zero-order valence-electron chi connectivity index (χ0n) is 10.6. The molecular weight excluding hydrogens is 216 g/mol. The van der Waals surface area contributed by atoms with Crippen LogP contribution in [0.15, 0.2) is 24.3 Å². The average molecular weight is 236 g/mol. The van der Waals surface area contributed by atoms with Crippen LogP contribution in [0.4, 0.5) is 0 Å². The van der Waals surface area contributed by atoms with E-state index in [1.807, 2.05) is 45.0 Å². The second-order valence-corrected chi connectivity index (χ2v) is 4.57.